The lowest BCUT2D eigenvalue weighted by Crippen LogP contribution is -2.49. The molecular weight excluding hydrogens is 450 g/mol. The SMILES string of the molecule is CC(C)(C)[Si](C)(C)OC(c1ccccc1)[C@H]1CC[C@@H](Cc2ccc(N)c([N+](=O)[O-])c2)N1C(=O)O. The molecule has 1 saturated heterocycles. The summed E-state index contributed by atoms with van der Waals surface area (Å²) in [5.41, 5.74) is 7.34. The van der Waals surface area contributed by atoms with Crippen LogP contribution in [-0.2, 0) is 10.8 Å². The van der Waals surface area contributed by atoms with Crippen LogP contribution in [0.25, 0.3) is 0 Å². The summed E-state index contributed by atoms with van der Waals surface area (Å²) in [6, 6.07) is 13.9. The Bertz CT molecular complexity index is 1040. The van der Waals surface area contributed by atoms with Crippen molar-refractivity contribution in [1.29, 1.82) is 0 Å². The highest BCUT2D eigenvalue weighted by Crippen LogP contribution is 2.44. The minimum atomic E-state index is -2.21. The largest absolute Gasteiger partial charge is 0.465 e. The van der Waals surface area contributed by atoms with Crippen LogP contribution in [0.4, 0.5) is 16.2 Å². The van der Waals surface area contributed by atoms with Crippen LogP contribution < -0.4 is 5.73 Å². The first-order chi connectivity index (χ1) is 15.8. The van der Waals surface area contributed by atoms with Crippen molar-refractivity contribution >= 4 is 25.8 Å². The summed E-state index contributed by atoms with van der Waals surface area (Å²) in [5.74, 6) is 0. The number of nitro benzene ring substituents is 1. The van der Waals surface area contributed by atoms with E-state index in [1.54, 1.807) is 6.07 Å². The summed E-state index contributed by atoms with van der Waals surface area (Å²) in [6.07, 6.45) is 0.300. The molecule has 2 aromatic rings. The molecule has 1 fully saturated rings. The average molecular weight is 486 g/mol. The zero-order chi connectivity index (χ0) is 25.3. The molecule has 0 aliphatic carbocycles. The molecule has 1 aliphatic rings. The molecule has 0 saturated carbocycles. The molecule has 9 heteroatoms. The van der Waals surface area contributed by atoms with Gasteiger partial charge in [0.2, 0.25) is 0 Å². The first-order valence-electron chi connectivity index (χ1n) is 11.6. The van der Waals surface area contributed by atoms with E-state index in [4.69, 9.17) is 10.2 Å². The second-order valence-corrected chi connectivity index (χ2v) is 15.3. The van der Waals surface area contributed by atoms with Gasteiger partial charge >= 0.3 is 6.09 Å². The van der Waals surface area contributed by atoms with Crippen molar-refractivity contribution in [3.63, 3.8) is 0 Å². The van der Waals surface area contributed by atoms with Gasteiger partial charge in [0.25, 0.3) is 5.69 Å². The van der Waals surface area contributed by atoms with Crippen molar-refractivity contribution in [2.24, 2.45) is 0 Å². The number of nitro groups is 1. The summed E-state index contributed by atoms with van der Waals surface area (Å²) in [4.78, 5) is 24.8. The van der Waals surface area contributed by atoms with Crippen LogP contribution in [0.15, 0.2) is 48.5 Å². The second kappa shape index (κ2) is 9.75. The molecule has 1 aliphatic heterocycles. The molecule has 0 aromatic heterocycles. The van der Waals surface area contributed by atoms with E-state index in [-0.39, 0.29) is 34.6 Å². The van der Waals surface area contributed by atoms with Crippen LogP contribution in [0.3, 0.4) is 0 Å². The van der Waals surface area contributed by atoms with Crippen molar-refractivity contribution in [2.75, 3.05) is 5.73 Å². The lowest BCUT2D eigenvalue weighted by atomic mass is 10.0. The fourth-order valence-corrected chi connectivity index (χ4v) is 5.64. The molecular formula is C25H35N3O5Si. The van der Waals surface area contributed by atoms with Crippen LogP contribution >= 0.6 is 0 Å². The fourth-order valence-electron chi connectivity index (χ4n) is 4.36. The van der Waals surface area contributed by atoms with Gasteiger partial charge in [-0.05, 0) is 54.6 Å². The topological polar surface area (TPSA) is 119 Å². The number of nitrogens with zero attached hydrogens (tertiary/aromatic N) is 2. The maximum Gasteiger partial charge on any atom is 0.407 e. The molecule has 2 aromatic carbocycles. The molecule has 34 heavy (non-hydrogen) atoms. The van der Waals surface area contributed by atoms with Gasteiger partial charge in [-0.3, -0.25) is 15.0 Å². The third kappa shape index (κ3) is 5.42. The van der Waals surface area contributed by atoms with E-state index < -0.39 is 19.3 Å². The highest BCUT2D eigenvalue weighted by atomic mass is 28.4. The third-order valence-corrected chi connectivity index (χ3v) is 11.7. The van der Waals surface area contributed by atoms with Gasteiger partial charge in [-0.15, -0.1) is 0 Å². The smallest absolute Gasteiger partial charge is 0.407 e. The molecule has 3 N–H and O–H groups in total. The van der Waals surface area contributed by atoms with Crippen molar-refractivity contribution in [1.82, 2.24) is 4.90 Å². The Labute approximate surface area is 202 Å². The first kappa shape index (κ1) is 25.7. The molecule has 3 rings (SSSR count). The van der Waals surface area contributed by atoms with E-state index in [0.29, 0.717) is 24.8 Å². The Balaban J connectivity index is 1.94. The summed E-state index contributed by atoms with van der Waals surface area (Å²) in [5, 5.41) is 21.5. The number of anilines is 1. The fraction of sp³-hybridized carbons (Fsp3) is 0.480. The molecule has 0 bridgehead atoms. The number of amides is 1. The van der Waals surface area contributed by atoms with E-state index in [0.717, 1.165) is 5.56 Å². The van der Waals surface area contributed by atoms with Gasteiger partial charge in [0, 0.05) is 12.1 Å². The molecule has 1 unspecified atom stereocenters. The number of rotatable bonds is 7. The lowest BCUT2D eigenvalue weighted by Gasteiger charge is -2.42. The van der Waals surface area contributed by atoms with Gasteiger partial charge in [0.05, 0.1) is 17.1 Å². The second-order valence-electron chi connectivity index (χ2n) is 10.6. The number of likely N-dealkylation sites (tertiary alicyclic amines) is 1. The van der Waals surface area contributed by atoms with Gasteiger partial charge in [-0.1, -0.05) is 57.2 Å². The van der Waals surface area contributed by atoms with Gasteiger partial charge in [0.1, 0.15) is 5.69 Å². The Morgan fingerprint density at radius 3 is 2.44 bits per heavy atom. The predicted octanol–water partition coefficient (Wildman–Crippen LogP) is 5.99. The van der Waals surface area contributed by atoms with Gasteiger partial charge in [0.15, 0.2) is 8.32 Å². The first-order valence-corrected chi connectivity index (χ1v) is 14.5. The lowest BCUT2D eigenvalue weighted by molar-refractivity contribution is -0.384. The van der Waals surface area contributed by atoms with Crippen molar-refractivity contribution in [3.05, 3.63) is 69.8 Å². The number of hydrogen-bond donors (Lipinski definition) is 2. The molecule has 0 radical (unpaired) electrons. The van der Waals surface area contributed by atoms with Crippen molar-refractivity contribution in [2.45, 2.75) is 76.4 Å². The predicted molar refractivity (Wildman–Crippen MR) is 135 cm³/mol. The van der Waals surface area contributed by atoms with Crippen molar-refractivity contribution in [3.8, 4) is 0 Å². The summed E-state index contributed by atoms with van der Waals surface area (Å²) >= 11 is 0. The third-order valence-electron chi connectivity index (χ3n) is 7.24. The molecule has 1 heterocycles. The number of benzene rings is 2. The highest BCUT2D eigenvalue weighted by Gasteiger charge is 2.46. The van der Waals surface area contributed by atoms with E-state index in [2.05, 4.69) is 33.9 Å². The van der Waals surface area contributed by atoms with Gasteiger partial charge in [-0.25, -0.2) is 4.79 Å². The zero-order valence-corrected chi connectivity index (χ0v) is 21.5. The minimum absolute atomic E-state index is 0.0327. The Morgan fingerprint density at radius 1 is 1.24 bits per heavy atom. The van der Waals surface area contributed by atoms with Crippen LogP contribution in [0, 0.1) is 10.1 Å². The Morgan fingerprint density at radius 2 is 1.88 bits per heavy atom. The molecule has 0 spiro atoms. The maximum absolute atomic E-state index is 12.5. The molecule has 1 amide bonds. The maximum atomic E-state index is 12.5. The highest BCUT2D eigenvalue weighted by molar-refractivity contribution is 6.74. The van der Waals surface area contributed by atoms with Crippen LogP contribution in [0.2, 0.25) is 18.1 Å². The monoisotopic (exact) mass is 485 g/mol. The van der Waals surface area contributed by atoms with Crippen LogP contribution in [-0.4, -0.2) is 41.4 Å². The minimum Gasteiger partial charge on any atom is -0.465 e. The molecule has 184 valence electrons. The Hall–Kier alpha value is -2.91. The summed E-state index contributed by atoms with van der Waals surface area (Å²) < 4.78 is 6.85. The van der Waals surface area contributed by atoms with Crippen LogP contribution in [0.1, 0.15) is 50.8 Å². The number of carboxylic acid groups (broad SMARTS) is 1. The summed E-state index contributed by atoms with van der Waals surface area (Å²) in [6.45, 7) is 10.9. The average Bonchev–Trinajstić information content (AvgIpc) is 3.16. The Kier molecular flexibility index (Phi) is 7.37. The standard InChI is InChI=1S/C25H35N3O5Si/c1-25(2,3)34(4,5)33-23(18-9-7-6-8-10-18)21-14-12-19(27(21)24(29)30)15-17-11-13-20(26)22(16-17)28(31)32/h6-11,13,16,19,21,23H,12,14-15,26H2,1-5H3,(H,29,30)/t19-,21+,23?/m0/s1. The molecule has 8 nitrogen and oxygen atoms in total. The number of nitrogen functional groups attached to an aromatic ring is 1. The molecule has 3 atom stereocenters. The van der Waals surface area contributed by atoms with Gasteiger partial charge in [-0.2, -0.15) is 0 Å². The van der Waals surface area contributed by atoms with Gasteiger partial charge < -0.3 is 15.3 Å². The van der Waals surface area contributed by atoms with E-state index in [1.165, 1.54) is 17.0 Å². The number of hydrogen-bond acceptors (Lipinski definition) is 5. The van der Waals surface area contributed by atoms with E-state index >= 15 is 0 Å². The summed E-state index contributed by atoms with van der Waals surface area (Å²) in [7, 11) is -2.21. The number of nitrogens with two attached hydrogens (primary N) is 1. The van der Waals surface area contributed by atoms with E-state index in [1.807, 2.05) is 30.3 Å². The zero-order valence-electron chi connectivity index (χ0n) is 20.5. The quantitative estimate of drug-likeness (QED) is 0.215. The van der Waals surface area contributed by atoms with E-state index in [9.17, 15) is 20.0 Å². The van der Waals surface area contributed by atoms with Crippen molar-refractivity contribution < 1.29 is 19.3 Å². The van der Waals surface area contributed by atoms with Crippen LogP contribution in [0.5, 0.6) is 0 Å². The normalized spacial score (nSPS) is 19.7. The number of carbonyl (C=O) groups is 1.